The van der Waals surface area contributed by atoms with Crippen LogP contribution in [0.15, 0.2) is 18.7 Å². The van der Waals surface area contributed by atoms with Gasteiger partial charge < -0.3 is 10.1 Å². The number of hydrogen-bond donors (Lipinski definition) is 1. The van der Waals surface area contributed by atoms with E-state index in [-0.39, 0.29) is 29.1 Å². The molecule has 0 bridgehead atoms. The van der Waals surface area contributed by atoms with E-state index >= 15 is 0 Å². The number of carbonyl (C=O) groups excluding carboxylic acids is 1. The van der Waals surface area contributed by atoms with Crippen LogP contribution < -0.4 is 5.32 Å². The van der Waals surface area contributed by atoms with Gasteiger partial charge in [0, 0.05) is 6.92 Å². The van der Waals surface area contributed by atoms with Crippen LogP contribution in [-0.2, 0) is 9.53 Å². The monoisotopic (exact) mass is 225 g/mol. The first-order valence-electron chi connectivity index (χ1n) is 5.22. The lowest BCUT2D eigenvalue weighted by molar-refractivity contribution is -0.114. The van der Waals surface area contributed by atoms with Crippen LogP contribution in [0.3, 0.4) is 0 Å². The highest BCUT2D eigenvalue weighted by molar-refractivity contribution is 5.87. The van der Waals surface area contributed by atoms with E-state index in [0.717, 1.165) is 0 Å². The SMILES string of the molecule is [2H]c1cc(NC(C)=O)nc(F)c1C(=C)OCC. The molecule has 0 aliphatic rings. The minimum Gasteiger partial charge on any atom is -0.494 e. The Morgan fingerprint density at radius 2 is 2.50 bits per heavy atom. The first-order valence-corrected chi connectivity index (χ1v) is 4.72. The Balaban J connectivity index is 3.10. The van der Waals surface area contributed by atoms with E-state index in [0.29, 0.717) is 6.61 Å². The second-order valence-electron chi connectivity index (χ2n) is 2.99. The Labute approximate surface area is 94.5 Å². The summed E-state index contributed by atoms with van der Waals surface area (Å²) in [6.45, 7) is 6.84. The number of nitrogens with one attached hydrogen (secondary N) is 1. The number of carbonyl (C=O) groups is 1. The summed E-state index contributed by atoms with van der Waals surface area (Å²) in [5.41, 5.74) is -0.0963. The van der Waals surface area contributed by atoms with E-state index in [1.54, 1.807) is 6.92 Å². The number of pyridine rings is 1. The molecule has 0 aliphatic heterocycles. The van der Waals surface area contributed by atoms with Gasteiger partial charge in [0.25, 0.3) is 0 Å². The van der Waals surface area contributed by atoms with Gasteiger partial charge in [-0.3, -0.25) is 4.79 Å². The summed E-state index contributed by atoms with van der Waals surface area (Å²) >= 11 is 0. The Morgan fingerprint density at radius 1 is 1.81 bits per heavy atom. The fourth-order valence-corrected chi connectivity index (χ4v) is 1.08. The maximum atomic E-state index is 13.6. The molecule has 0 atom stereocenters. The average molecular weight is 225 g/mol. The predicted molar refractivity (Wildman–Crippen MR) is 59.2 cm³/mol. The third kappa shape index (κ3) is 3.05. The molecule has 5 heteroatoms. The van der Waals surface area contributed by atoms with Crippen LogP contribution in [0.2, 0.25) is 0 Å². The summed E-state index contributed by atoms with van der Waals surface area (Å²) in [5.74, 6) is -1.22. The average Bonchev–Trinajstić information content (AvgIpc) is 2.15. The topological polar surface area (TPSA) is 51.2 Å². The number of anilines is 1. The van der Waals surface area contributed by atoms with Crippen LogP contribution in [0.5, 0.6) is 0 Å². The van der Waals surface area contributed by atoms with Crippen molar-refractivity contribution in [3.8, 4) is 0 Å². The zero-order valence-electron chi connectivity index (χ0n) is 10.1. The third-order valence-electron chi connectivity index (χ3n) is 1.68. The van der Waals surface area contributed by atoms with E-state index in [4.69, 9.17) is 6.11 Å². The molecule has 0 spiro atoms. The number of aromatic nitrogens is 1. The van der Waals surface area contributed by atoms with Gasteiger partial charge in [0.1, 0.15) is 11.6 Å². The lowest BCUT2D eigenvalue weighted by Gasteiger charge is -2.08. The molecule has 0 aliphatic carbocycles. The number of amides is 1. The zero-order valence-corrected chi connectivity index (χ0v) is 9.13. The molecule has 1 rings (SSSR count). The summed E-state index contributed by atoms with van der Waals surface area (Å²) in [6, 6.07) is 1.10. The highest BCUT2D eigenvalue weighted by atomic mass is 19.1. The van der Waals surface area contributed by atoms with Gasteiger partial charge in [-0.1, -0.05) is 6.58 Å². The zero-order chi connectivity index (χ0) is 13.0. The molecule has 0 radical (unpaired) electrons. The van der Waals surface area contributed by atoms with E-state index in [1.807, 2.05) is 0 Å². The van der Waals surface area contributed by atoms with E-state index < -0.39 is 5.95 Å². The van der Waals surface area contributed by atoms with Crippen LogP contribution in [0.25, 0.3) is 5.76 Å². The lowest BCUT2D eigenvalue weighted by Crippen LogP contribution is -2.09. The number of nitrogens with zero attached hydrogens (tertiary/aromatic N) is 1. The first kappa shape index (κ1) is 10.6. The van der Waals surface area contributed by atoms with Crippen molar-refractivity contribution >= 4 is 17.5 Å². The molecule has 1 aromatic heterocycles. The summed E-state index contributed by atoms with van der Waals surface area (Å²) in [5, 5.41) is 2.30. The smallest absolute Gasteiger partial charge is 0.225 e. The Bertz CT molecular complexity index is 440. The highest BCUT2D eigenvalue weighted by Crippen LogP contribution is 2.18. The van der Waals surface area contributed by atoms with Gasteiger partial charge in [0.2, 0.25) is 11.9 Å². The normalized spacial score (nSPS) is 10.6. The van der Waals surface area contributed by atoms with Gasteiger partial charge in [-0.15, -0.1) is 0 Å². The van der Waals surface area contributed by atoms with Gasteiger partial charge in [-0.2, -0.15) is 4.39 Å². The molecule has 4 nitrogen and oxygen atoms in total. The van der Waals surface area contributed by atoms with Gasteiger partial charge in [-0.25, -0.2) is 4.98 Å². The van der Waals surface area contributed by atoms with E-state index in [2.05, 4.69) is 16.9 Å². The fraction of sp³-hybridized carbons (Fsp3) is 0.273. The van der Waals surface area contributed by atoms with Gasteiger partial charge >= 0.3 is 0 Å². The van der Waals surface area contributed by atoms with Crippen molar-refractivity contribution in [2.45, 2.75) is 13.8 Å². The number of halogens is 1. The van der Waals surface area contributed by atoms with Crippen molar-refractivity contribution in [3.05, 3.63) is 30.2 Å². The van der Waals surface area contributed by atoms with Crippen LogP contribution in [0, 0.1) is 5.95 Å². The minimum absolute atomic E-state index is 0.00644. The molecule has 0 saturated carbocycles. The molecule has 1 heterocycles. The molecule has 16 heavy (non-hydrogen) atoms. The summed E-state index contributed by atoms with van der Waals surface area (Å²) in [4.78, 5) is 14.3. The molecule has 1 aromatic rings. The molecular formula is C11H13FN2O2. The number of hydrogen-bond acceptors (Lipinski definition) is 3. The highest BCUT2D eigenvalue weighted by Gasteiger charge is 2.09. The van der Waals surface area contributed by atoms with Crippen LogP contribution in [0.1, 0.15) is 20.8 Å². The molecule has 86 valence electrons. The molecule has 0 aromatic carbocycles. The maximum Gasteiger partial charge on any atom is 0.225 e. The first-order chi connectivity index (χ1) is 7.95. The van der Waals surface area contributed by atoms with Crippen LogP contribution in [-0.4, -0.2) is 17.5 Å². The van der Waals surface area contributed by atoms with Gasteiger partial charge in [0.05, 0.1) is 13.5 Å². The number of ether oxygens (including phenoxy) is 1. The lowest BCUT2D eigenvalue weighted by atomic mass is 10.2. The van der Waals surface area contributed by atoms with Crippen molar-refractivity contribution in [1.82, 2.24) is 4.98 Å². The molecule has 0 unspecified atom stereocenters. The van der Waals surface area contributed by atoms with Gasteiger partial charge in [-0.05, 0) is 19.0 Å². The van der Waals surface area contributed by atoms with Crippen LogP contribution in [0.4, 0.5) is 10.2 Å². The largest absolute Gasteiger partial charge is 0.494 e. The van der Waals surface area contributed by atoms with E-state index in [1.165, 1.54) is 13.0 Å². The minimum atomic E-state index is -0.889. The maximum absolute atomic E-state index is 13.6. The predicted octanol–water partition coefficient (Wildman–Crippen LogP) is 2.19. The molecule has 0 saturated heterocycles. The van der Waals surface area contributed by atoms with Crippen molar-refractivity contribution < 1.29 is 15.3 Å². The standard InChI is InChI=1S/C11H13FN2O2/c1-4-16-7(2)9-5-6-10(13-8(3)15)14-11(9)12/h5-6H,2,4H2,1,3H3,(H,13,14,15)/i5D. The summed E-state index contributed by atoms with van der Waals surface area (Å²) < 4.78 is 26.3. The Kier molecular flexibility index (Phi) is 3.48. The molecule has 0 fully saturated rings. The third-order valence-corrected chi connectivity index (χ3v) is 1.68. The second kappa shape index (κ2) is 5.25. The van der Waals surface area contributed by atoms with Crippen molar-refractivity contribution in [2.75, 3.05) is 11.9 Å². The second-order valence-corrected chi connectivity index (χ2v) is 2.99. The van der Waals surface area contributed by atoms with E-state index in [9.17, 15) is 9.18 Å². The van der Waals surface area contributed by atoms with Crippen LogP contribution >= 0.6 is 0 Å². The Morgan fingerprint density at radius 3 is 3.00 bits per heavy atom. The Hall–Kier alpha value is -1.91. The van der Waals surface area contributed by atoms with Crippen molar-refractivity contribution in [2.24, 2.45) is 0 Å². The summed E-state index contributed by atoms with van der Waals surface area (Å²) in [7, 11) is 0. The molecule has 1 N–H and O–H groups in total. The molecule has 1 amide bonds. The van der Waals surface area contributed by atoms with Crippen molar-refractivity contribution in [1.29, 1.82) is 0 Å². The molecular weight excluding hydrogens is 211 g/mol. The van der Waals surface area contributed by atoms with Gasteiger partial charge in [0.15, 0.2) is 0 Å². The fourth-order valence-electron chi connectivity index (χ4n) is 1.08. The summed E-state index contributed by atoms with van der Waals surface area (Å²) in [6.07, 6.45) is 0. The number of rotatable bonds is 4. The quantitative estimate of drug-likeness (QED) is 0.631. The van der Waals surface area contributed by atoms with Crippen molar-refractivity contribution in [3.63, 3.8) is 0 Å².